The first-order valence-electron chi connectivity index (χ1n) is 13.9. The predicted molar refractivity (Wildman–Crippen MR) is 148 cm³/mol. The minimum atomic E-state index is -4.28. The Morgan fingerprint density at radius 1 is 1.05 bits per heavy atom. The number of nitrogens with zero attached hydrogens (tertiary/aromatic N) is 2. The molecule has 6 aliphatic carbocycles. The van der Waals surface area contributed by atoms with Crippen molar-refractivity contribution in [3.8, 4) is 0 Å². The number of aryl methyl sites for hydroxylation is 1. The monoisotopic (exact) mass is 615 g/mol. The standard InChI is InChI=1S/C28H26FN3O6S3/c1-40(35,36)7-6-11-9-39-27-25(11)41(37,38)31-26(30-27)22-24(33)21-19-15-13-14-17(15)20(18(14)16(13)19)23(21)32(28(22)34)8-10-2-4-12(29)5-3-10/h2-5,9,13-21,23,33H,6-8H2,1H3,(H,30,31). The van der Waals surface area contributed by atoms with Crippen molar-refractivity contribution in [3.63, 3.8) is 0 Å². The van der Waals surface area contributed by atoms with Crippen molar-refractivity contribution in [3.05, 3.63) is 57.9 Å². The summed E-state index contributed by atoms with van der Waals surface area (Å²) >= 11 is 1.10. The van der Waals surface area contributed by atoms with Crippen LogP contribution in [0.3, 0.4) is 0 Å². The van der Waals surface area contributed by atoms with Crippen molar-refractivity contribution in [1.29, 1.82) is 0 Å². The number of amides is 1. The van der Waals surface area contributed by atoms with Gasteiger partial charge in [0.2, 0.25) is 0 Å². The van der Waals surface area contributed by atoms with E-state index in [0.29, 0.717) is 35.2 Å². The number of rotatable bonds is 6. The maximum absolute atomic E-state index is 14.3. The van der Waals surface area contributed by atoms with Gasteiger partial charge in [-0.3, -0.25) is 4.79 Å². The van der Waals surface area contributed by atoms with Crippen LogP contribution >= 0.6 is 11.3 Å². The molecule has 8 aliphatic rings. The van der Waals surface area contributed by atoms with Gasteiger partial charge in [-0.2, -0.15) is 8.42 Å². The lowest BCUT2D eigenvalue weighted by molar-refractivity contribution is -0.481. The lowest BCUT2D eigenvalue weighted by Crippen LogP contribution is -2.94. The van der Waals surface area contributed by atoms with E-state index in [2.05, 4.69) is 9.71 Å². The van der Waals surface area contributed by atoms with Crippen LogP contribution in [0, 0.1) is 59.1 Å². The van der Waals surface area contributed by atoms with Gasteiger partial charge in [-0.1, -0.05) is 12.1 Å². The van der Waals surface area contributed by atoms with Gasteiger partial charge >= 0.3 is 0 Å². The van der Waals surface area contributed by atoms with E-state index in [9.17, 15) is 31.1 Å². The van der Waals surface area contributed by atoms with Crippen molar-refractivity contribution in [2.45, 2.75) is 23.9 Å². The predicted octanol–water partition coefficient (Wildman–Crippen LogP) is 2.82. The number of thiophene rings is 1. The first kappa shape index (κ1) is 24.8. The summed E-state index contributed by atoms with van der Waals surface area (Å²) in [6.07, 6.45) is 1.12. The van der Waals surface area contributed by atoms with Gasteiger partial charge in [-0.15, -0.1) is 15.7 Å². The molecule has 6 unspecified atom stereocenters. The number of aliphatic hydroxyl groups excluding tert-OH is 1. The van der Waals surface area contributed by atoms with Gasteiger partial charge in [-0.05, 0) is 82.4 Å². The number of fused-ring (bicyclic) bond motifs is 1. The highest BCUT2D eigenvalue weighted by atomic mass is 32.2. The lowest BCUT2D eigenvalue weighted by atomic mass is 9.10. The summed E-state index contributed by atoms with van der Waals surface area (Å²) in [7, 11) is -7.59. The number of hydrogen-bond donors (Lipinski definition) is 2. The second kappa shape index (κ2) is 7.59. The summed E-state index contributed by atoms with van der Waals surface area (Å²) in [5.74, 6) is 2.83. The quantitative estimate of drug-likeness (QED) is 0.511. The van der Waals surface area contributed by atoms with Gasteiger partial charge in [-0.25, -0.2) is 12.8 Å². The molecule has 2 bridgehead atoms. The normalized spacial score (nSPS) is 39.7. The molecular formula is C28H26FN3O6S3. The largest absolute Gasteiger partial charge is 0.511 e. The number of carbonyl (C=O) groups excluding carboxylic acids is 1. The topological polar surface area (TPSA) is 133 Å². The van der Waals surface area contributed by atoms with Gasteiger partial charge in [0.05, 0.1) is 5.75 Å². The highest BCUT2D eigenvalue weighted by Crippen LogP contribution is 2.93. The van der Waals surface area contributed by atoms with Crippen LogP contribution in [-0.2, 0) is 37.6 Å². The molecule has 1 aromatic heterocycles. The fourth-order valence-electron chi connectivity index (χ4n) is 10.1. The zero-order valence-electron chi connectivity index (χ0n) is 21.8. The molecule has 214 valence electrons. The molecule has 10 rings (SSSR count). The number of carbonyl (C=O) groups is 1. The average Bonchev–Trinajstić information content (AvgIpc) is 3.30. The number of benzene rings is 1. The maximum atomic E-state index is 14.3. The first-order valence-corrected chi connectivity index (χ1v) is 18.2. The Morgan fingerprint density at radius 2 is 1.68 bits per heavy atom. The second-order valence-electron chi connectivity index (χ2n) is 12.8. The van der Waals surface area contributed by atoms with E-state index in [1.165, 1.54) is 12.1 Å². The molecule has 6 atom stereocenters. The molecule has 41 heavy (non-hydrogen) atoms. The number of hydrogen-bond acceptors (Lipinski definition) is 8. The van der Waals surface area contributed by atoms with Crippen LogP contribution in [0.1, 0.15) is 11.1 Å². The van der Waals surface area contributed by atoms with Gasteiger partial charge < -0.3 is 15.3 Å². The Labute approximate surface area is 240 Å². The van der Waals surface area contributed by atoms with Gasteiger partial charge in [0.1, 0.15) is 36.9 Å². The Hall–Kier alpha value is -2.77. The minimum Gasteiger partial charge on any atom is -0.511 e. The molecular weight excluding hydrogens is 590 g/mol. The van der Waals surface area contributed by atoms with Crippen LogP contribution in [0.15, 0.2) is 50.3 Å². The minimum absolute atomic E-state index is 0.0227. The van der Waals surface area contributed by atoms with E-state index in [-0.39, 0.29) is 69.5 Å². The third-order valence-corrected chi connectivity index (χ3v) is 14.7. The summed E-state index contributed by atoms with van der Waals surface area (Å²) < 4.78 is 67.9. The lowest BCUT2D eigenvalue weighted by Gasteiger charge is -2.95. The second-order valence-corrected chi connectivity index (χ2v) is 17.5. The molecule has 1 aromatic carbocycles. The zero-order chi connectivity index (χ0) is 28.3. The molecule has 0 saturated heterocycles. The fourth-order valence-corrected chi connectivity index (χ4v) is 13.3. The smallest absolute Gasteiger partial charge is 0.287 e. The van der Waals surface area contributed by atoms with E-state index < -0.39 is 25.8 Å². The van der Waals surface area contributed by atoms with Gasteiger partial charge in [0.15, 0.2) is 5.84 Å². The Morgan fingerprint density at radius 3 is 2.34 bits per heavy atom. The Balaban J connectivity index is 1.12. The molecule has 2 N–H and O–H groups in total. The number of sulfonamides is 1. The van der Waals surface area contributed by atoms with E-state index in [1.54, 1.807) is 22.4 Å². The maximum Gasteiger partial charge on any atom is 0.287 e. The van der Waals surface area contributed by atoms with Crippen molar-refractivity contribution in [2.75, 3.05) is 17.3 Å². The highest BCUT2D eigenvalue weighted by molar-refractivity contribution is 7.91. The zero-order valence-corrected chi connectivity index (χ0v) is 24.2. The molecule has 0 spiro atoms. The van der Waals surface area contributed by atoms with Crippen molar-refractivity contribution >= 4 is 47.9 Å². The number of nitrogens with one attached hydrogen (secondary N) is 1. The van der Waals surface area contributed by atoms with Crippen LogP contribution in [-0.4, -0.2) is 56.6 Å². The molecule has 0 radical (unpaired) electrons. The van der Waals surface area contributed by atoms with Crippen molar-refractivity contribution < 1.29 is 31.1 Å². The third-order valence-electron chi connectivity index (χ3n) is 11.2. The molecule has 6 fully saturated rings. The molecule has 9 nitrogen and oxygen atoms in total. The van der Waals surface area contributed by atoms with E-state index in [4.69, 9.17) is 0 Å². The first-order chi connectivity index (χ1) is 19.5. The highest BCUT2D eigenvalue weighted by Gasteiger charge is 2.92. The van der Waals surface area contributed by atoms with Crippen LogP contribution in [0.2, 0.25) is 0 Å². The summed E-state index contributed by atoms with van der Waals surface area (Å²) in [5.41, 5.74) is 0.986. The molecule has 2 aliphatic heterocycles. The van der Waals surface area contributed by atoms with E-state index in [0.717, 1.165) is 35.0 Å². The van der Waals surface area contributed by atoms with E-state index >= 15 is 0 Å². The van der Waals surface area contributed by atoms with Crippen LogP contribution in [0.25, 0.3) is 0 Å². The van der Waals surface area contributed by atoms with Crippen LogP contribution < -0.4 is 5.32 Å². The summed E-state index contributed by atoms with van der Waals surface area (Å²) in [5, 5.41) is 16.6. The number of amidine groups is 1. The van der Waals surface area contributed by atoms with Crippen LogP contribution in [0.5, 0.6) is 0 Å². The fraction of sp³-hybridized carbons (Fsp3) is 0.500. The number of halogens is 1. The van der Waals surface area contributed by atoms with Gasteiger partial charge in [0.25, 0.3) is 15.9 Å². The van der Waals surface area contributed by atoms with Crippen molar-refractivity contribution in [1.82, 2.24) is 4.90 Å². The molecule has 6 saturated carbocycles. The molecule has 3 heterocycles. The Bertz CT molecular complexity index is 1850. The number of anilines is 1. The summed E-state index contributed by atoms with van der Waals surface area (Å²) in [6.45, 7) is 0.225. The Kier molecular flexibility index (Phi) is 4.59. The third kappa shape index (κ3) is 2.95. The summed E-state index contributed by atoms with van der Waals surface area (Å²) in [4.78, 5) is 15.9. The van der Waals surface area contributed by atoms with Gasteiger partial charge in [0, 0.05) is 24.8 Å². The molecule has 2 aromatic rings. The summed E-state index contributed by atoms with van der Waals surface area (Å²) in [6, 6.07) is 5.84. The average molecular weight is 616 g/mol. The van der Waals surface area contributed by atoms with Crippen molar-refractivity contribution in [2.24, 2.45) is 57.7 Å². The number of sulfone groups is 1. The molecule has 13 heteroatoms. The van der Waals surface area contributed by atoms with E-state index in [1.807, 2.05) is 0 Å². The number of aliphatic hydroxyl groups is 1. The van der Waals surface area contributed by atoms with Crippen LogP contribution in [0.4, 0.5) is 9.39 Å². The molecule has 1 amide bonds. The SMILES string of the molecule is CS(=O)(=O)CCc1csc2c1S(=O)(=O)N=C(C1=C(O)C3C4C5C6C4C4C6C5C4C3N(Cc3ccc(F)cc3)C1=O)N2.